The molecule has 3 rings (SSSR count). The molecule has 1 aliphatic rings. The normalized spacial score (nSPS) is 15.8. The molecule has 1 saturated heterocycles. The zero-order chi connectivity index (χ0) is 20.7. The van der Waals surface area contributed by atoms with Gasteiger partial charge in [-0.3, -0.25) is 4.99 Å². The zero-order valence-corrected chi connectivity index (χ0v) is 20.2. The quantitative estimate of drug-likeness (QED) is 0.348. The van der Waals surface area contributed by atoms with E-state index >= 15 is 0 Å². The molecule has 1 aliphatic heterocycles. The maximum Gasteiger partial charge on any atom is 0.193 e. The minimum absolute atomic E-state index is 0. The molecule has 30 heavy (non-hydrogen) atoms. The standard InChI is InChI=1S/C23H30FN3O2.HI/c1-25-22(27(2)16-18-6-4-5-7-21(18)28-3)26-17-23(12-14-29-15-13-23)19-8-10-20(24)11-9-19;/h4-11H,12-17H2,1-3H3,(H,25,26);1H. The maximum absolute atomic E-state index is 13.4. The number of para-hydroxylation sites is 1. The number of aliphatic imine (C=N–C) groups is 1. The van der Waals surface area contributed by atoms with Crippen molar-refractivity contribution >= 4 is 29.9 Å². The first kappa shape index (κ1) is 24.4. The third kappa shape index (κ3) is 5.85. The number of halogens is 2. The first-order valence-corrected chi connectivity index (χ1v) is 9.95. The number of nitrogens with zero attached hydrogens (tertiary/aromatic N) is 2. The average Bonchev–Trinajstić information content (AvgIpc) is 2.75. The van der Waals surface area contributed by atoms with Crippen molar-refractivity contribution < 1.29 is 13.9 Å². The van der Waals surface area contributed by atoms with Gasteiger partial charge in [-0.25, -0.2) is 4.39 Å². The Morgan fingerprint density at radius 3 is 2.47 bits per heavy atom. The Hall–Kier alpha value is -1.87. The Kier molecular flexibility index (Phi) is 9.36. The second-order valence-electron chi connectivity index (χ2n) is 7.47. The first-order chi connectivity index (χ1) is 14.1. The van der Waals surface area contributed by atoms with Crippen LogP contribution in [-0.4, -0.2) is 51.8 Å². The SMILES string of the molecule is CN=C(NCC1(c2ccc(F)cc2)CCOCC1)N(C)Cc1ccccc1OC.I. The Balaban J connectivity index is 0.00000320. The van der Waals surface area contributed by atoms with Gasteiger partial charge in [0.2, 0.25) is 0 Å². The summed E-state index contributed by atoms with van der Waals surface area (Å²) in [4.78, 5) is 6.54. The zero-order valence-electron chi connectivity index (χ0n) is 17.9. The van der Waals surface area contributed by atoms with Gasteiger partial charge in [-0.15, -0.1) is 24.0 Å². The summed E-state index contributed by atoms with van der Waals surface area (Å²) in [5, 5.41) is 3.54. The summed E-state index contributed by atoms with van der Waals surface area (Å²) in [6, 6.07) is 14.9. The first-order valence-electron chi connectivity index (χ1n) is 9.95. The van der Waals surface area contributed by atoms with E-state index in [1.807, 2.05) is 37.4 Å². The molecule has 1 heterocycles. The van der Waals surface area contributed by atoms with Crippen LogP contribution in [0.1, 0.15) is 24.0 Å². The molecular weight excluding hydrogens is 496 g/mol. The molecule has 164 valence electrons. The van der Waals surface area contributed by atoms with Crippen LogP contribution >= 0.6 is 24.0 Å². The Morgan fingerprint density at radius 1 is 1.17 bits per heavy atom. The van der Waals surface area contributed by atoms with Gasteiger partial charge in [0.05, 0.1) is 7.11 Å². The topological polar surface area (TPSA) is 46.1 Å². The highest BCUT2D eigenvalue weighted by atomic mass is 127. The number of rotatable bonds is 6. The predicted molar refractivity (Wildman–Crippen MR) is 129 cm³/mol. The Labute approximate surface area is 195 Å². The molecule has 2 aromatic rings. The fraction of sp³-hybridized carbons (Fsp3) is 0.435. The van der Waals surface area contributed by atoms with Crippen LogP contribution in [0.2, 0.25) is 0 Å². The molecule has 0 radical (unpaired) electrons. The van der Waals surface area contributed by atoms with Crippen LogP contribution in [0.5, 0.6) is 5.75 Å². The second kappa shape index (κ2) is 11.5. The molecule has 0 spiro atoms. The number of ether oxygens (including phenoxy) is 2. The lowest BCUT2D eigenvalue weighted by molar-refractivity contribution is 0.0512. The molecule has 0 aromatic heterocycles. The second-order valence-corrected chi connectivity index (χ2v) is 7.47. The van der Waals surface area contributed by atoms with Crippen molar-refractivity contribution in [1.82, 2.24) is 10.2 Å². The van der Waals surface area contributed by atoms with Gasteiger partial charge < -0.3 is 19.7 Å². The average molecular weight is 527 g/mol. The lowest BCUT2D eigenvalue weighted by Gasteiger charge is -2.39. The fourth-order valence-electron chi connectivity index (χ4n) is 3.93. The Morgan fingerprint density at radius 2 is 1.83 bits per heavy atom. The number of benzene rings is 2. The number of methoxy groups -OCH3 is 1. The fourth-order valence-corrected chi connectivity index (χ4v) is 3.93. The van der Waals surface area contributed by atoms with Crippen LogP contribution in [0.25, 0.3) is 0 Å². The van der Waals surface area contributed by atoms with Crippen molar-refractivity contribution in [2.75, 3.05) is 41.0 Å². The monoisotopic (exact) mass is 527 g/mol. The van der Waals surface area contributed by atoms with Gasteiger partial charge in [0.15, 0.2) is 5.96 Å². The van der Waals surface area contributed by atoms with E-state index in [1.165, 1.54) is 12.1 Å². The molecule has 0 amide bonds. The molecule has 2 aromatic carbocycles. The van der Waals surface area contributed by atoms with E-state index in [9.17, 15) is 4.39 Å². The molecule has 0 saturated carbocycles. The van der Waals surface area contributed by atoms with Gasteiger partial charge in [-0.05, 0) is 36.6 Å². The maximum atomic E-state index is 13.4. The van der Waals surface area contributed by atoms with E-state index in [0.717, 1.165) is 35.7 Å². The third-order valence-corrected chi connectivity index (χ3v) is 5.66. The highest BCUT2D eigenvalue weighted by molar-refractivity contribution is 14.0. The van der Waals surface area contributed by atoms with Crippen LogP contribution in [0.15, 0.2) is 53.5 Å². The van der Waals surface area contributed by atoms with Gasteiger partial charge in [0.1, 0.15) is 11.6 Å². The van der Waals surface area contributed by atoms with Crippen molar-refractivity contribution in [2.45, 2.75) is 24.8 Å². The molecule has 0 bridgehead atoms. The molecule has 1 N–H and O–H groups in total. The van der Waals surface area contributed by atoms with E-state index in [4.69, 9.17) is 9.47 Å². The molecular formula is C23H31FIN3O2. The minimum atomic E-state index is -0.212. The number of hydrogen-bond donors (Lipinski definition) is 1. The molecule has 1 fully saturated rings. The largest absolute Gasteiger partial charge is 0.496 e. The van der Waals surface area contributed by atoms with E-state index in [-0.39, 0.29) is 35.2 Å². The summed E-state index contributed by atoms with van der Waals surface area (Å²) in [5.74, 6) is 1.46. The van der Waals surface area contributed by atoms with Crippen molar-refractivity contribution in [1.29, 1.82) is 0 Å². The third-order valence-electron chi connectivity index (χ3n) is 5.66. The van der Waals surface area contributed by atoms with E-state index in [0.29, 0.717) is 26.3 Å². The lowest BCUT2D eigenvalue weighted by atomic mass is 9.74. The highest BCUT2D eigenvalue weighted by Gasteiger charge is 2.35. The molecule has 0 unspecified atom stereocenters. The lowest BCUT2D eigenvalue weighted by Crippen LogP contribution is -2.48. The molecule has 0 aliphatic carbocycles. The van der Waals surface area contributed by atoms with Crippen LogP contribution in [0.3, 0.4) is 0 Å². The Bertz CT molecular complexity index is 823. The minimum Gasteiger partial charge on any atom is -0.496 e. The van der Waals surface area contributed by atoms with E-state index < -0.39 is 0 Å². The van der Waals surface area contributed by atoms with Crippen molar-refractivity contribution in [2.24, 2.45) is 4.99 Å². The van der Waals surface area contributed by atoms with Gasteiger partial charge in [-0.2, -0.15) is 0 Å². The van der Waals surface area contributed by atoms with Gasteiger partial charge in [0, 0.05) is 51.4 Å². The smallest absolute Gasteiger partial charge is 0.193 e. The number of guanidine groups is 1. The van der Waals surface area contributed by atoms with Crippen LogP contribution in [-0.2, 0) is 16.7 Å². The van der Waals surface area contributed by atoms with E-state index in [1.54, 1.807) is 14.2 Å². The summed E-state index contributed by atoms with van der Waals surface area (Å²) in [6.07, 6.45) is 1.78. The number of nitrogens with one attached hydrogen (secondary N) is 1. The van der Waals surface area contributed by atoms with Gasteiger partial charge >= 0.3 is 0 Å². The summed E-state index contributed by atoms with van der Waals surface area (Å²) < 4.78 is 24.5. The van der Waals surface area contributed by atoms with E-state index in [2.05, 4.69) is 21.3 Å². The summed E-state index contributed by atoms with van der Waals surface area (Å²) in [6.45, 7) is 2.80. The predicted octanol–water partition coefficient (Wildman–Crippen LogP) is 4.21. The summed E-state index contributed by atoms with van der Waals surface area (Å²) in [7, 11) is 5.48. The van der Waals surface area contributed by atoms with Crippen molar-refractivity contribution in [3.8, 4) is 5.75 Å². The van der Waals surface area contributed by atoms with Crippen molar-refractivity contribution in [3.05, 3.63) is 65.5 Å². The molecule has 0 atom stereocenters. The summed E-state index contributed by atoms with van der Waals surface area (Å²) in [5.41, 5.74) is 2.13. The number of hydrogen-bond acceptors (Lipinski definition) is 3. The molecule has 7 heteroatoms. The van der Waals surface area contributed by atoms with Gasteiger partial charge in [0.25, 0.3) is 0 Å². The van der Waals surface area contributed by atoms with Crippen LogP contribution < -0.4 is 10.1 Å². The van der Waals surface area contributed by atoms with Gasteiger partial charge in [-0.1, -0.05) is 30.3 Å². The summed E-state index contributed by atoms with van der Waals surface area (Å²) >= 11 is 0. The highest BCUT2D eigenvalue weighted by Crippen LogP contribution is 2.34. The van der Waals surface area contributed by atoms with Crippen molar-refractivity contribution in [3.63, 3.8) is 0 Å². The molecule has 5 nitrogen and oxygen atoms in total. The van der Waals surface area contributed by atoms with Crippen LogP contribution in [0, 0.1) is 5.82 Å². The van der Waals surface area contributed by atoms with Crippen LogP contribution in [0.4, 0.5) is 4.39 Å².